The van der Waals surface area contributed by atoms with E-state index in [1.165, 1.54) is 0 Å². The molecule has 0 aliphatic carbocycles. The molecule has 1 aromatic heterocycles. The summed E-state index contributed by atoms with van der Waals surface area (Å²) < 4.78 is 27.1. The largest absolute Gasteiger partial charge is 0.283 e. The summed E-state index contributed by atoms with van der Waals surface area (Å²) in [7, 11) is -3.48. The lowest BCUT2D eigenvalue weighted by Gasteiger charge is -2.10. The van der Waals surface area contributed by atoms with Crippen LogP contribution >= 0.6 is 0 Å². The molecule has 0 bridgehead atoms. The van der Waals surface area contributed by atoms with Gasteiger partial charge in [-0.2, -0.15) is 5.21 Å². The average Bonchev–Trinajstić information content (AvgIpc) is 3.04. The molecule has 7 nitrogen and oxygen atoms in total. The molecular weight excluding hydrogens is 314 g/mol. The van der Waals surface area contributed by atoms with Gasteiger partial charge in [0.2, 0.25) is 15.8 Å². The van der Waals surface area contributed by atoms with Crippen LogP contribution in [0.25, 0.3) is 11.4 Å². The number of aromatic nitrogens is 4. The van der Waals surface area contributed by atoms with E-state index >= 15 is 0 Å². The van der Waals surface area contributed by atoms with E-state index in [-0.39, 0.29) is 5.75 Å². The molecule has 2 N–H and O–H groups in total. The number of nitrogens with zero attached hydrogens (tertiary/aromatic N) is 3. The second-order valence-corrected chi connectivity index (χ2v) is 6.82. The number of benzene rings is 2. The molecule has 2 aromatic carbocycles. The summed E-state index contributed by atoms with van der Waals surface area (Å²) in [5, 5.41) is 13.6. The summed E-state index contributed by atoms with van der Waals surface area (Å²) in [6, 6.07) is 14.2. The monoisotopic (exact) mass is 329 g/mol. The third-order valence-corrected chi connectivity index (χ3v) is 4.61. The van der Waals surface area contributed by atoms with Gasteiger partial charge in [0.05, 0.1) is 5.75 Å². The highest BCUT2D eigenvalue weighted by Gasteiger charge is 2.13. The molecule has 0 radical (unpaired) electrons. The Morgan fingerprint density at radius 3 is 2.48 bits per heavy atom. The Morgan fingerprint density at radius 1 is 1.09 bits per heavy atom. The van der Waals surface area contributed by atoms with E-state index in [2.05, 4.69) is 25.3 Å². The molecule has 0 unspecified atom stereocenters. The van der Waals surface area contributed by atoms with Gasteiger partial charge in [-0.15, -0.1) is 10.2 Å². The maximum atomic E-state index is 12.3. The van der Waals surface area contributed by atoms with Crippen molar-refractivity contribution in [3.05, 3.63) is 59.7 Å². The van der Waals surface area contributed by atoms with Crippen LogP contribution in [-0.4, -0.2) is 29.0 Å². The highest BCUT2D eigenvalue weighted by Crippen LogP contribution is 2.19. The standard InChI is InChI=1S/C15H15N5O2S/c1-11-4-2-3-5-13(11)10-23(21,22)18-14-8-6-12(7-9-14)15-16-19-20-17-15/h2-9,18H,10H2,1H3,(H,16,17,19,20). The van der Waals surface area contributed by atoms with E-state index in [1.807, 2.05) is 31.2 Å². The van der Waals surface area contributed by atoms with Gasteiger partial charge in [0, 0.05) is 11.3 Å². The molecule has 0 spiro atoms. The molecule has 0 atom stereocenters. The maximum Gasteiger partial charge on any atom is 0.236 e. The molecule has 3 aromatic rings. The highest BCUT2D eigenvalue weighted by atomic mass is 32.2. The molecule has 0 saturated heterocycles. The number of sulfonamides is 1. The van der Waals surface area contributed by atoms with Gasteiger partial charge < -0.3 is 0 Å². The van der Waals surface area contributed by atoms with Gasteiger partial charge in [0.25, 0.3) is 0 Å². The zero-order valence-electron chi connectivity index (χ0n) is 12.4. The van der Waals surface area contributed by atoms with Crippen LogP contribution in [0.2, 0.25) is 0 Å². The van der Waals surface area contributed by atoms with Crippen LogP contribution in [0, 0.1) is 6.92 Å². The van der Waals surface area contributed by atoms with Crippen molar-refractivity contribution in [3.63, 3.8) is 0 Å². The second kappa shape index (κ2) is 6.17. The number of rotatable bonds is 5. The molecule has 118 valence electrons. The zero-order valence-corrected chi connectivity index (χ0v) is 13.2. The van der Waals surface area contributed by atoms with Crippen molar-refractivity contribution in [1.29, 1.82) is 0 Å². The predicted molar refractivity (Wildman–Crippen MR) is 87.0 cm³/mol. The summed E-state index contributed by atoms with van der Waals surface area (Å²) in [4.78, 5) is 0. The lowest BCUT2D eigenvalue weighted by atomic mass is 10.1. The molecule has 1 heterocycles. The van der Waals surface area contributed by atoms with Gasteiger partial charge in [-0.05, 0) is 47.5 Å². The molecule has 0 amide bonds. The zero-order chi connectivity index (χ0) is 16.3. The van der Waals surface area contributed by atoms with E-state index in [4.69, 9.17) is 0 Å². The highest BCUT2D eigenvalue weighted by molar-refractivity contribution is 7.91. The Labute approximate surface area is 133 Å². The normalized spacial score (nSPS) is 11.3. The van der Waals surface area contributed by atoms with Crippen LogP contribution in [-0.2, 0) is 15.8 Å². The first kappa shape index (κ1) is 15.2. The fourth-order valence-electron chi connectivity index (χ4n) is 2.16. The lowest BCUT2D eigenvalue weighted by molar-refractivity contribution is 0.600. The number of aromatic amines is 1. The number of hydrogen-bond acceptors (Lipinski definition) is 5. The van der Waals surface area contributed by atoms with Crippen molar-refractivity contribution in [3.8, 4) is 11.4 Å². The minimum atomic E-state index is -3.48. The fraction of sp³-hybridized carbons (Fsp3) is 0.133. The minimum Gasteiger partial charge on any atom is -0.283 e. The van der Waals surface area contributed by atoms with E-state index in [9.17, 15) is 8.42 Å². The first-order chi connectivity index (χ1) is 11.0. The Balaban J connectivity index is 1.74. The van der Waals surface area contributed by atoms with Gasteiger partial charge in [-0.25, -0.2) is 8.42 Å². The quantitative estimate of drug-likeness (QED) is 0.746. The number of nitrogens with one attached hydrogen (secondary N) is 2. The molecule has 0 aliphatic rings. The summed E-state index contributed by atoms with van der Waals surface area (Å²) in [6.07, 6.45) is 0. The predicted octanol–water partition coefficient (Wildman–Crippen LogP) is 2.12. The van der Waals surface area contributed by atoms with Crippen LogP contribution < -0.4 is 4.72 Å². The van der Waals surface area contributed by atoms with E-state index in [1.54, 1.807) is 24.3 Å². The summed E-state index contributed by atoms with van der Waals surface area (Å²) in [5.41, 5.74) is 2.97. The van der Waals surface area contributed by atoms with Crippen LogP contribution in [0.15, 0.2) is 48.5 Å². The molecule has 0 aliphatic heterocycles. The first-order valence-electron chi connectivity index (χ1n) is 6.92. The minimum absolute atomic E-state index is 0.0632. The third-order valence-electron chi connectivity index (χ3n) is 3.37. The van der Waals surface area contributed by atoms with Gasteiger partial charge in [-0.3, -0.25) is 4.72 Å². The SMILES string of the molecule is Cc1ccccc1CS(=O)(=O)Nc1ccc(-c2nn[nH]n2)cc1. The second-order valence-electron chi connectivity index (χ2n) is 5.10. The Hall–Kier alpha value is -2.74. The topological polar surface area (TPSA) is 101 Å². The number of H-pyrrole nitrogens is 1. The van der Waals surface area contributed by atoms with Crippen molar-refractivity contribution in [2.45, 2.75) is 12.7 Å². The Morgan fingerprint density at radius 2 is 1.83 bits per heavy atom. The molecule has 3 rings (SSSR count). The number of hydrogen-bond donors (Lipinski definition) is 2. The van der Waals surface area contributed by atoms with Gasteiger partial charge in [0.15, 0.2) is 0 Å². The van der Waals surface area contributed by atoms with Crippen molar-refractivity contribution >= 4 is 15.7 Å². The van der Waals surface area contributed by atoms with Gasteiger partial charge >= 0.3 is 0 Å². The van der Waals surface area contributed by atoms with Crippen LogP contribution in [0.3, 0.4) is 0 Å². The Bertz CT molecular complexity index is 890. The number of tetrazole rings is 1. The Kier molecular flexibility index (Phi) is 4.07. The molecule has 0 fully saturated rings. The number of anilines is 1. The van der Waals surface area contributed by atoms with E-state index < -0.39 is 10.0 Å². The van der Waals surface area contributed by atoms with Crippen LogP contribution in [0.5, 0.6) is 0 Å². The smallest absolute Gasteiger partial charge is 0.236 e. The van der Waals surface area contributed by atoms with Crippen molar-refractivity contribution in [2.75, 3.05) is 4.72 Å². The average molecular weight is 329 g/mol. The summed E-state index contributed by atoms with van der Waals surface area (Å²) in [6.45, 7) is 1.89. The number of aryl methyl sites for hydroxylation is 1. The molecule has 23 heavy (non-hydrogen) atoms. The van der Waals surface area contributed by atoms with Crippen molar-refractivity contribution in [1.82, 2.24) is 20.6 Å². The molecule has 8 heteroatoms. The van der Waals surface area contributed by atoms with Crippen molar-refractivity contribution < 1.29 is 8.42 Å². The van der Waals surface area contributed by atoms with Gasteiger partial charge in [-0.1, -0.05) is 24.3 Å². The van der Waals surface area contributed by atoms with Crippen LogP contribution in [0.1, 0.15) is 11.1 Å². The first-order valence-corrected chi connectivity index (χ1v) is 8.58. The van der Waals surface area contributed by atoms with Crippen molar-refractivity contribution in [2.24, 2.45) is 0 Å². The van der Waals surface area contributed by atoms with E-state index in [0.717, 1.165) is 16.7 Å². The summed E-state index contributed by atoms with van der Waals surface area (Å²) >= 11 is 0. The fourth-order valence-corrected chi connectivity index (χ4v) is 3.46. The third kappa shape index (κ3) is 3.72. The maximum absolute atomic E-state index is 12.3. The summed E-state index contributed by atoms with van der Waals surface area (Å²) in [5.74, 6) is 0.394. The van der Waals surface area contributed by atoms with Gasteiger partial charge in [0.1, 0.15) is 0 Å². The van der Waals surface area contributed by atoms with Crippen LogP contribution in [0.4, 0.5) is 5.69 Å². The van der Waals surface area contributed by atoms with E-state index in [0.29, 0.717) is 11.5 Å². The molecular formula is C15H15N5O2S. The lowest BCUT2D eigenvalue weighted by Crippen LogP contribution is -2.15. The molecule has 0 saturated carbocycles.